The van der Waals surface area contributed by atoms with Gasteiger partial charge in [0.25, 0.3) is 0 Å². The molecule has 0 spiro atoms. The minimum absolute atomic E-state index is 0.640. The van der Waals surface area contributed by atoms with Crippen molar-refractivity contribution in [2.24, 2.45) is 5.92 Å². The minimum Gasteiger partial charge on any atom is -0.0809 e. The largest absolute Gasteiger partial charge is 0.0809 e. The second-order valence-electron chi connectivity index (χ2n) is 6.07. The third kappa shape index (κ3) is 3.98. The van der Waals surface area contributed by atoms with Crippen molar-refractivity contribution < 1.29 is 0 Å². The van der Waals surface area contributed by atoms with Crippen LogP contribution in [0, 0.1) is 5.92 Å². The Labute approximate surface area is 97.5 Å². The zero-order valence-electron chi connectivity index (χ0n) is 12.1. The van der Waals surface area contributed by atoms with Crippen molar-refractivity contribution in [2.75, 3.05) is 0 Å². The van der Waals surface area contributed by atoms with E-state index in [0.29, 0.717) is 5.92 Å². The van der Waals surface area contributed by atoms with Crippen molar-refractivity contribution in [2.45, 2.75) is 61.2 Å². The normalized spacial score (nSPS) is 14.0. The number of hydrogen-bond acceptors (Lipinski definition) is 0. The van der Waals surface area contributed by atoms with Gasteiger partial charge in [-0.25, -0.2) is 0 Å². The highest BCUT2D eigenvalue weighted by Crippen LogP contribution is 2.29. The van der Waals surface area contributed by atoms with E-state index in [1.54, 1.807) is 16.3 Å². The smallest absolute Gasteiger partial charge is 0.0724 e. The van der Waals surface area contributed by atoms with Gasteiger partial charge in [0.2, 0.25) is 0 Å². The van der Waals surface area contributed by atoms with Crippen LogP contribution in [0.15, 0.2) is 21.9 Å². The number of rotatable bonds is 3. The molecule has 0 nitrogen and oxygen atoms in total. The average molecular weight is 224 g/mol. The molecular weight excluding hydrogens is 196 g/mol. The summed E-state index contributed by atoms with van der Waals surface area (Å²) in [4.78, 5) is 0. The van der Waals surface area contributed by atoms with Crippen LogP contribution in [0.4, 0.5) is 0 Å². The molecule has 0 heterocycles. The van der Waals surface area contributed by atoms with Gasteiger partial charge in [0.05, 0.1) is 8.07 Å². The van der Waals surface area contributed by atoms with Crippen molar-refractivity contribution in [1.82, 2.24) is 0 Å². The van der Waals surface area contributed by atoms with Crippen LogP contribution in [0.2, 0.25) is 19.6 Å². The number of allylic oxidation sites excluding steroid dienone is 4. The maximum Gasteiger partial charge on any atom is 0.0724 e. The van der Waals surface area contributed by atoms with Gasteiger partial charge in [0, 0.05) is 0 Å². The van der Waals surface area contributed by atoms with Gasteiger partial charge in [-0.05, 0) is 39.2 Å². The summed E-state index contributed by atoms with van der Waals surface area (Å²) in [5, 5.41) is 1.65. The Kier molecular flexibility index (Phi) is 5.05. The Bertz CT molecular complexity index is 281. The van der Waals surface area contributed by atoms with Crippen LogP contribution in [0.25, 0.3) is 0 Å². The minimum atomic E-state index is -1.13. The molecule has 88 valence electrons. The molecule has 0 saturated heterocycles. The van der Waals surface area contributed by atoms with Gasteiger partial charge in [0.1, 0.15) is 0 Å². The van der Waals surface area contributed by atoms with Gasteiger partial charge in [-0.15, -0.1) is 0 Å². The predicted octanol–water partition coefficient (Wildman–Crippen LogP) is 5.19. The highest BCUT2D eigenvalue weighted by molar-refractivity contribution is 6.83. The standard InChI is InChI=1S/C14H28Si/c1-10(2)14(11(3)4)12(5)13(6)15(7,8)9/h10H,1-9H3/b13-12-. The Balaban J connectivity index is 5.50. The van der Waals surface area contributed by atoms with E-state index < -0.39 is 8.07 Å². The fourth-order valence-corrected chi connectivity index (χ4v) is 3.41. The maximum atomic E-state index is 2.43. The second-order valence-corrected chi connectivity index (χ2v) is 11.3. The first kappa shape index (κ1) is 14.7. The summed E-state index contributed by atoms with van der Waals surface area (Å²) in [6.07, 6.45) is 0. The van der Waals surface area contributed by atoms with Gasteiger partial charge in [-0.2, -0.15) is 0 Å². The van der Waals surface area contributed by atoms with Gasteiger partial charge >= 0.3 is 0 Å². The third-order valence-electron chi connectivity index (χ3n) is 3.21. The van der Waals surface area contributed by atoms with E-state index in [2.05, 4.69) is 61.2 Å². The van der Waals surface area contributed by atoms with E-state index >= 15 is 0 Å². The van der Waals surface area contributed by atoms with Crippen molar-refractivity contribution in [3.05, 3.63) is 21.9 Å². The lowest BCUT2D eigenvalue weighted by Crippen LogP contribution is -2.24. The molecule has 0 rings (SSSR count). The lowest BCUT2D eigenvalue weighted by Gasteiger charge is -2.24. The molecule has 1 heteroatoms. The van der Waals surface area contributed by atoms with E-state index in [9.17, 15) is 0 Å². The topological polar surface area (TPSA) is 0 Å². The zero-order chi connectivity index (χ0) is 12.4. The summed E-state index contributed by atoms with van der Waals surface area (Å²) in [5.74, 6) is 0.640. The lowest BCUT2D eigenvalue weighted by atomic mass is 9.92. The second kappa shape index (κ2) is 5.15. The van der Waals surface area contributed by atoms with Crippen LogP contribution in [-0.2, 0) is 0 Å². The van der Waals surface area contributed by atoms with E-state index in [1.165, 1.54) is 5.57 Å². The molecule has 0 atom stereocenters. The fraction of sp³-hybridized carbons (Fsp3) is 0.714. The fourth-order valence-electron chi connectivity index (χ4n) is 2.15. The van der Waals surface area contributed by atoms with Crippen LogP contribution in [0.1, 0.15) is 41.5 Å². The summed E-state index contributed by atoms with van der Waals surface area (Å²) in [5.41, 5.74) is 4.58. The van der Waals surface area contributed by atoms with Crippen LogP contribution < -0.4 is 0 Å². The molecule has 15 heavy (non-hydrogen) atoms. The van der Waals surface area contributed by atoms with Crippen LogP contribution in [0.5, 0.6) is 0 Å². The molecule has 0 aromatic rings. The van der Waals surface area contributed by atoms with Crippen LogP contribution in [0.3, 0.4) is 0 Å². The van der Waals surface area contributed by atoms with Crippen LogP contribution in [-0.4, -0.2) is 8.07 Å². The maximum absolute atomic E-state index is 2.43. The average Bonchev–Trinajstić information content (AvgIpc) is 1.99. The SMILES string of the molecule is CC(C)=C(/C(C)=C(/C)[Si](C)(C)C)C(C)C. The Hall–Kier alpha value is -0.303. The summed E-state index contributed by atoms with van der Waals surface area (Å²) < 4.78 is 0. The van der Waals surface area contributed by atoms with Gasteiger partial charge in [0.15, 0.2) is 0 Å². The third-order valence-corrected chi connectivity index (χ3v) is 5.83. The molecule has 0 saturated carbocycles. The van der Waals surface area contributed by atoms with Crippen molar-refractivity contribution in [3.8, 4) is 0 Å². The first-order valence-corrected chi connectivity index (χ1v) is 9.44. The lowest BCUT2D eigenvalue weighted by molar-refractivity contribution is 0.763. The quantitative estimate of drug-likeness (QED) is 0.457. The van der Waals surface area contributed by atoms with Crippen molar-refractivity contribution >= 4 is 8.07 Å². The summed E-state index contributed by atoms with van der Waals surface area (Å²) in [6.45, 7) is 21.0. The van der Waals surface area contributed by atoms with E-state index in [0.717, 1.165) is 0 Å². The molecule has 0 aliphatic rings. The first-order valence-electron chi connectivity index (χ1n) is 5.94. The van der Waals surface area contributed by atoms with Gasteiger partial charge in [-0.3, -0.25) is 0 Å². The van der Waals surface area contributed by atoms with E-state index in [4.69, 9.17) is 0 Å². The molecule has 0 aliphatic carbocycles. The van der Waals surface area contributed by atoms with Gasteiger partial charge in [-0.1, -0.05) is 49.8 Å². The first-order chi connectivity index (χ1) is 6.59. The molecule has 0 bridgehead atoms. The van der Waals surface area contributed by atoms with E-state index in [-0.39, 0.29) is 0 Å². The van der Waals surface area contributed by atoms with Crippen molar-refractivity contribution in [3.63, 3.8) is 0 Å². The summed E-state index contributed by atoms with van der Waals surface area (Å²) in [6, 6.07) is 0. The van der Waals surface area contributed by atoms with Gasteiger partial charge < -0.3 is 0 Å². The molecule has 0 fully saturated rings. The molecule has 0 radical (unpaired) electrons. The molecule has 0 aliphatic heterocycles. The monoisotopic (exact) mass is 224 g/mol. The Morgan fingerprint density at radius 1 is 0.867 bits per heavy atom. The molecular formula is C14H28Si. The molecule has 0 unspecified atom stereocenters. The Morgan fingerprint density at radius 3 is 1.47 bits per heavy atom. The molecule has 0 amide bonds. The summed E-state index contributed by atoms with van der Waals surface area (Å²) in [7, 11) is -1.13. The van der Waals surface area contributed by atoms with Crippen LogP contribution >= 0.6 is 0 Å². The van der Waals surface area contributed by atoms with Crippen molar-refractivity contribution in [1.29, 1.82) is 0 Å². The number of hydrogen-bond donors (Lipinski definition) is 0. The Morgan fingerprint density at radius 2 is 1.27 bits per heavy atom. The predicted molar refractivity (Wildman–Crippen MR) is 74.9 cm³/mol. The molecule has 0 aromatic heterocycles. The molecule has 0 N–H and O–H groups in total. The molecule has 0 aromatic carbocycles. The highest BCUT2D eigenvalue weighted by atomic mass is 28.3. The zero-order valence-corrected chi connectivity index (χ0v) is 13.1. The van der Waals surface area contributed by atoms with E-state index in [1.807, 2.05) is 0 Å². The highest BCUT2D eigenvalue weighted by Gasteiger charge is 2.20. The summed E-state index contributed by atoms with van der Waals surface area (Å²) >= 11 is 0.